The maximum absolute atomic E-state index is 13.5. The lowest BCUT2D eigenvalue weighted by atomic mass is 10.0. The molecule has 0 aliphatic carbocycles. The van der Waals surface area contributed by atoms with E-state index in [1.165, 1.54) is 11.1 Å². The van der Waals surface area contributed by atoms with E-state index in [1.807, 2.05) is 27.7 Å². The molecule has 3 aromatic rings. The second-order valence-corrected chi connectivity index (χ2v) is 11.5. The summed E-state index contributed by atoms with van der Waals surface area (Å²) >= 11 is 1.64. The highest BCUT2D eigenvalue weighted by Gasteiger charge is 2.32. The third-order valence-corrected chi connectivity index (χ3v) is 9.54. The van der Waals surface area contributed by atoms with Crippen molar-refractivity contribution in [3.63, 3.8) is 0 Å². The number of rotatable bonds is 5. The van der Waals surface area contributed by atoms with E-state index in [0.717, 1.165) is 39.5 Å². The molecule has 7 heteroatoms. The second kappa shape index (κ2) is 8.96. The molecular formula is C25H31N3O2S2. The molecule has 1 aliphatic rings. The third-order valence-electron chi connectivity index (χ3n) is 6.41. The number of nitrogens with zero attached hydrogens (tertiary/aromatic N) is 3. The van der Waals surface area contributed by atoms with Crippen LogP contribution in [0.5, 0.6) is 0 Å². The molecule has 1 aliphatic heterocycles. The van der Waals surface area contributed by atoms with Gasteiger partial charge in [0.25, 0.3) is 0 Å². The average molecular weight is 470 g/mol. The summed E-state index contributed by atoms with van der Waals surface area (Å²) in [4.78, 5) is 7.52. The predicted molar refractivity (Wildman–Crippen MR) is 132 cm³/mol. The Kier molecular flexibility index (Phi) is 6.43. The van der Waals surface area contributed by atoms with Crippen molar-refractivity contribution in [2.24, 2.45) is 0 Å². The molecule has 4 rings (SSSR count). The first-order chi connectivity index (χ1) is 15.2. The monoisotopic (exact) mass is 469 g/mol. The zero-order chi connectivity index (χ0) is 23.0. The minimum absolute atomic E-state index is 0.473. The summed E-state index contributed by atoms with van der Waals surface area (Å²) in [6, 6.07) is 10.6. The highest BCUT2D eigenvalue weighted by molar-refractivity contribution is 7.89. The zero-order valence-corrected chi connectivity index (χ0v) is 21.1. The van der Waals surface area contributed by atoms with E-state index in [2.05, 4.69) is 47.5 Å². The van der Waals surface area contributed by atoms with Crippen molar-refractivity contribution < 1.29 is 8.42 Å². The summed E-state index contributed by atoms with van der Waals surface area (Å²) in [6.07, 6.45) is 0.817. The topological polar surface area (TPSA) is 53.5 Å². The summed E-state index contributed by atoms with van der Waals surface area (Å²) < 4.78 is 28.6. The van der Waals surface area contributed by atoms with Gasteiger partial charge in [0.15, 0.2) is 5.13 Å². The molecule has 2 heterocycles. The number of sulfonamides is 1. The third kappa shape index (κ3) is 4.47. The van der Waals surface area contributed by atoms with Gasteiger partial charge in [0.1, 0.15) is 0 Å². The van der Waals surface area contributed by atoms with Gasteiger partial charge in [0, 0.05) is 38.0 Å². The molecule has 0 N–H and O–H groups in total. The Morgan fingerprint density at radius 2 is 1.59 bits per heavy atom. The Morgan fingerprint density at radius 3 is 2.22 bits per heavy atom. The van der Waals surface area contributed by atoms with Crippen LogP contribution in [0.25, 0.3) is 0 Å². The van der Waals surface area contributed by atoms with Gasteiger partial charge in [-0.3, -0.25) is 0 Å². The number of hydrogen-bond donors (Lipinski definition) is 0. The Morgan fingerprint density at radius 1 is 0.938 bits per heavy atom. The molecule has 5 nitrogen and oxygen atoms in total. The van der Waals surface area contributed by atoms with Crippen molar-refractivity contribution >= 4 is 26.5 Å². The summed E-state index contributed by atoms with van der Waals surface area (Å²) in [6.45, 7) is 12.1. The summed E-state index contributed by atoms with van der Waals surface area (Å²) in [5.41, 5.74) is 7.34. The number of aryl methyl sites for hydroxylation is 3. The standard InChI is InChI=1S/C25H31N3O2S2/c1-17-7-6-8-22(13-17)15-23-16-31-25(26-23)27-9-11-28(12-10-27)32(29,30)24-20(4)18(2)14-19(3)21(24)5/h6-8,13-14,16H,9-12,15H2,1-5H3. The van der Waals surface area contributed by atoms with E-state index in [-0.39, 0.29) is 0 Å². The summed E-state index contributed by atoms with van der Waals surface area (Å²) in [5, 5.41) is 3.09. The minimum Gasteiger partial charge on any atom is -0.345 e. The predicted octanol–water partition coefficient (Wildman–Crippen LogP) is 4.79. The van der Waals surface area contributed by atoms with Crippen molar-refractivity contribution in [3.05, 3.63) is 74.8 Å². The van der Waals surface area contributed by atoms with Crippen molar-refractivity contribution in [1.82, 2.24) is 9.29 Å². The van der Waals surface area contributed by atoms with Crippen LogP contribution in [0.2, 0.25) is 0 Å². The smallest absolute Gasteiger partial charge is 0.243 e. The van der Waals surface area contributed by atoms with Crippen LogP contribution in [0.3, 0.4) is 0 Å². The molecule has 0 atom stereocenters. The Labute approximate surface area is 195 Å². The van der Waals surface area contributed by atoms with E-state index >= 15 is 0 Å². The Hall–Kier alpha value is -2.22. The molecule has 0 unspecified atom stereocenters. The van der Waals surface area contributed by atoms with Gasteiger partial charge < -0.3 is 4.90 Å². The van der Waals surface area contributed by atoms with E-state index in [9.17, 15) is 8.42 Å². The van der Waals surface area contributed by atoms with Crippen molar-refractivity contribution in [1.29, 1.82) is 0 Å². The van der Waals surface area contributed by atoms with Gasteiger partial charge in [-0.25, -0.2) is 13.4 Å². The van der Waals surface area contributed by atoms with E-state index < -0.39 is 10.0 Å². The molecule has 1 saturated heterocycles. The maximum atomic E-state index is 13.5. The molecule has 32 heavy (non-hydrogen) atoms. The molecule has 0 radical (unpaired) electrons. The lowest BCUT2D eigenvalue weighted by Crippen LogP contribution is -2.49. The van der Waals surface area contributed by atoms with Crippen LogP contribution >= 0.6 is 11.3 Å². The number of aromatic nitrogens is 1. The molecular weight excluding hydrogens is 438 g/mol. The Balaban J connectivity index is 1.46. The first-order valence-corrected chi connectivity index (χ1v) is 13.3. The van der Waals surface area contributed by atoms with Crippen molar-refractivity contribution in [3.8, 4) is 0 Å². The first-order valence-electron chi connectivity index (χ1n) is 11.0. The average Bonchev–Trinajstić information content (AvgIpc) is 3.21. The van der Waals surface area contributed by atoms with Crippen molar-refractivity contribution in [2.75, 3.05) is 31.1 Å². The van der Waals surface area contributed by atoms with Crippen LogP contribution in [0, 0.1) is 34.6 Å². The fourth-order valence-corrected chi connectivity index (χ4v) is 7.25. The zero-order valence-electron chi connectivity index (χ0n) is 19.5. The number of anilines is 1. The molecule has 170 valence electrons. The van der Waals surface area contributed by atoms with E-state index in [1.54, 1.807) is 15.6 Å². The summed E-state index contributed by atoms with van der Waals surface area (Å²) in [7, 11) is -3.52. The fourth-order valence-electron chi connectivity index (χ4n) is 4.37. The fraction of sp³-hybridized carbons (Fsp3) is 0.400. The minimum atomic E-state index is -3.52. The van der Waals surface area contributed by atoms with Gasteiger partial charge in [-0.05, 0) is 62.4 Å². The molecule has 1 fully saturated rings. The van der Waals surface area contributed by atoms with Crippen LogP contribution in [-0.2, 0) is 16.4 Å². The quantitative estimate of drug-likeness (QED) is 0.539. The molecule has 1 aromatic heterocycles. The van der Waals surface area contributed by atoms with Gasteiger partial charge in [0.2, 0.25) is 10.0 Å². The molecule has 0 bridgehead atoms. The first kappa shape index (κ1) is 23.0. The normalized spacial score (nSPS) is 15.3. The summed E-state index contributed by atoms with van der Waals surface area (Å²) in [5.74, 6) is 0. The lowest BCUT2D eigenvalue weighted by Gasteiger charge is -2.34. The van der Waals surface area contributed by atoms with Crippen LogP contribution in [-0.4, -0.2) is 43.9 Å². The number of hydrogen-bond acceptors (Lipinski definition) is 5. The maximum Gasteiger partial charge on any atom is 0.243 e. The van der Waals surface area contributed by atoms with E-state index in [4.69, 9.17) is 4.98 Å². The van der Waals surface area contributed by atoms with Gasteiger partial charge in [-0.1, -0.05) is 35.9 Å². The highest BCUT2D eigenvalue weighted by atomic mass is 32.2. The van der Waals surface area contributed by atoms with E-state index in [0.29, 0.717) is 31.1 Å². The van der Waals surface area contributed by atoms with Crippen LogP contribution in [0.15, 0.2) is 40.6 Å². The van der Waals surface area contributed by atoms with Gasteiger partial charge in [-0.2, -0.15) is 4.31 Å². The van der Waals surface area contributed by atoms with Crippen LogP contribution in [0.4, 0.5) is 5.13 Å². The van der Waals surface area contributed by atoms with Gasteiger partial charge >= 0.3 is 0 Å². The second-order valence-electron chi connectivity index (χ2n) is 8.77. The van der Waals surface area contributed by atoms with Gasteiger partial charge in [0.05, 0.1) is 10.6 Å². The molecule has 0 saturated carbocycles. The largest absolute Gasteiger partial charge is 0.345 e. The number of piperazine rings is 1. The molecule has 0 amide bonds. The number of thiazole rings is 1. The molecule has 2 aromatic carbocycles. The Bertz CT molecular complexity index is 1210. The highest BCUT2D eigenvalue weighted by Crippen LogP contribution is 2.30. The van der Waals surface area contributed by atoms with Gasteiger partial charge in [-0.15, -0.1) is 11.3 Å². The van der Waals surface area contributed by atoms with Crippen LogP contribution < -0.4 is 4.90 Å². The van der Waals surface area contributed by atoms with Crippen LogP contribution in [0.1, 0.15) is 39.1 Å². The molecule has 0 spiro atoms. The lowest BCUT2D eigenvalue weighted by molar-refractivity contribution is 0.384. The van der Waals surface area contributed by atoms with Crippen molar-refractivity contribution in [2.45, 2.75) is 45.9 Å². The number of benzene rings is 2. The SMILES string of the molecule is Cc1cccc(Cc2csc(N3CCN(S(=O)(=O)c4c(C)c(C)cc(C)c4C)CC3)n2)c1.